The highest BCUT2D eigenvalue weighted by Gasteiger charge is 2.16. The second-order valence-corrected chi connectivity index (χ2v) is 6.52. The van der Waals surface area contributed by atoms with Crippen LogP contribution in [0.25, 0.3) is 21.5 Å². The minimum absolute atomic E-state index is 0.557. The number of aryl methyl sites for hydroxylation is 2. The summed E-state index contributed by atoms with van der Waals surface area (Å²) < 4.78 is 12.4. The molecule has 0 saturated carbocycles. The monoisotopic (exact) mass is 346 g/mol. The van der Waals surface area contributed by atoms with Crippen LogP contribution in [-0.2, 0) is 0 Å². The second kappa shape index (κ2) is 8.09. The maximum absolute atomic E-state index is 6.21. The summed E-state index contributed by atoms with van der Waals surface area (Å²) in [6.07, 6.45) is 8.07. The van der Waals surface area contributed by atoms with Crippen LogP contribution in [0.3, 0.4) is 0 Å². The summed E-state index contributed by atoms with van der Waals surface area (Å²) in [5.41, 5.74) is 2.42. The van der Waals surface area contributed by atoms with E-state index in [1.54, 1.807) is 0 Å². The molecule has 0 saturated heterocycles. The number of hydrogen-bond donors (Lipinski definition) is 0. The number of ether oxygens (including phenoxy) is 2. The Morgan fingerprint density at radius 3 is 1.50 bits per heavy atom. The van der Waals surface area contributed by atoms with Crippen LogP contribution in [-0.4, -0.2) is 13.2 Å². The molecular weight excluding hydrogens is 320 g/mol. The highest BCUT2D eigenvalue weighted by molar-refractivity contribution is 6.11. The van der Waals surface area contributed by atoms with Crippen molar-refractivity contribution in [1.82, 2.24) is 0 Å². The third-order valence-corrected chi connectivity index (χ3v) is 4.45. The van der Waals surface area contributed by atoms with E-state index in [0.717, 1.165) is 33.0 Å². The zero-order valence-corrected chi connectivity index (χ0v) is 16.0. The van der Waals surface area contributed by atoms with Gasteiger partial charge in [-0.05, 0) is 39.8 Å². The Hall–Kier alpha value is -2.74. The first-order valence-electron chi connectivity index (χ1n) is 9.10. The van der Waals surface area contributed by atoms with Gasteiger partial charge in [-0.3, -0.25) is 0 Å². The van der Waals surface area contributed by atoms with Gasteiger partial charge in [0.25, 0.3) is 0 Å². The lowest BCUT2D eigenvalue weighted by Crippen LogP contribution is -2.00. The van der Waals surface area contributed by atoms with Gasteiger partial charge in [-0.2, -0.15) is 0 Å². The third-order valence-electron chi connectivity index (χ3n) is 4.45. The van der Waals surface area contributed by atoms with Crippen LogP contribution in [0.2, 0.25) is 0 Å². The van der Waals surface area contributed by atoms with Gasteiger partial charge in [0.15, 0.2) is 0 Å². The van der Waals surface area contributed by atoms with Crippen molar-refractivity contribution in [3.63, 3.8) is 0 Å². The van der Waals surface area contributed by atoms with E-state index in [1.165, 1.54) is 11.1 Å². The molecule has 0 radical (unpaired) electrons. The normalized spacial score (nSPS) is 11.8. The molecule has 0 fully saturated rings. The molecule has 0 aliphatic heterocycles. The number of hydrogen-bond acceptors (Lipinski definition) is 2. The Kier molecular flexibility index (Phi) is 5.62. The number of fused-ring (bicyclic) bond motifs is 2. The molecule has 0 aliphatic rings. The molecule has 0 aliphatic carbocycles. The highest BCUT2D eigenvalue weighted by Crippen LogP contribution is 2.43. The van der Waals surface area contributed by atoms with Crippen molar-refractivity contribution in [1.29, 1.82) is 0 Å². The van der Waals surface area contributed by atoms with Gasteiger partial charge in [-0.25, -0.2) is 0 Å². The molecule has 0 bridgehead atoms. The number of allylic oxidation sites excluding steroid dienone is 2. The fourth-order valence-corrected chi connectivity index (χ4v) is 3.14. The first kappa shape index (κ1) is 18.1. The summed E-state index contributed by atoms with van der Waals surface area (Å²) in [5, 5.41) is 4.38. The Bertz CT molecular complexity index is 918. The van der Waals surface area contributed by atoms with Gasteiger partial charge < -0.3 is 9.47 Å². The molecule has 0 N–H and O–H groups in total. The molecule has 26 heavy (non-hydrogen) atoms. The largest absolute Gasteiger partial charge is 0.488 e. The molecular formula is C24H26O2. The van der Waals surface area contributed by atoms with Gasteiger partial charge in [0.1, 0.15) is 24.7 Å². The zero-order chi connectivity index (χ0) is 18.5. The lowest BCUT2D eigenvalue weighted by Gasteiger charge is -2.18. The van der Waals surface area contributed by atoms with Crippen molar-refractivity contribution in [2.45, 2.75) is 27.7 Å². The van der Waals surface area contributed by atoms with Gasteiger partial charge in [0, 0.05) is 21.5 Å². The molecule has 2 heteroatoms. The molecule has 0 unspecified atom stereocenters. The smallest absolute Gasteiger partial charge is 0.135 e. The summed E-state index contributed by atoms with van der Waals surface area (Å²) >= 11 is 0. The third kappa shape index (κ3) is 3.60. The van der Waals surface area contributed by atoms with E-state index < -0.39 is 0 Å². The molecule has 3 rings (SSSR count). The minimum atomic E-state index is 0.557. The summed E-state index contributed by atoms with van der Waals surface area (Å²) in [5.74, 6) is 1.85. The van der Waals surface area contributed by atoms with Crippen molar-refractivity contribution in [3.8, 4) is 11.5 Å². The topological polar surface area (TPSA) is 18.5 Å². The average Bonchev–Trinajstić information content (AvgIpc) is 2.63. The Morgan fingerprint density at radius 1 is 0.654 bits per heavy atom. The zero-order valence-electron chi connectivity index (χ0n) is 16.0. The Labute approximate surface area is 155 Å². The first-order valence-corrected chi connectivity index (χ1v) is 9.10. The standard InChI is InChI=1S/C24H26O2/c1-5-7-13-25-23-19-11-9-17(3)15-21(19)24(26-14-8-6-2)22-16-18(4)10-12-20(22)23/h5-12,15-16H,13-14H2,1-4H3/b7-5+,8-6+. The van der Waals surface area contributed by atoms with E-state index in [4.69, 9.17) is 9.47 Å². The van der Waals surface area contributed by atoms with Crippen LogP contribution in [0.4, 0.5) is 0 Å². The predicted molar refractivity (Wildman–Crippen MR) is 112 cm³/mol. The molecule has 0 heterocycles. The fourth-order valence-electron chi connectivity index (χ4n) is 3.14. The van der Waals surface area contributed by atoms with Crippen LogP contribution < -0.4 is 9.47 Å². The molecule has 0 aromatic heterocycles. The van der Waals surface area contributed by atoms with Gasteiger partial charge in [0.05, 0.1) is 0 Å². The van der Waals surface area contributed by atoms with E-state index >= 15 is 0 Å². The predicted octanol–water partition coefficient (Wildman–Crippen LogP) is 6.52. The minimum Gasteiger partial charge on any atom is -0.488 e. The Balaban J connectivity index is 2.32. The molecule has 3 aromatic carbocycles. The van der Waals surface area contributed by atoms with Crippen LogP contribution in [0.5, 0.6) is 11.5 Å². The average molecular weight is 346 g/mol. The van der Waals surface area contributed by atoms with E-state index in [9.17, 15) is 0 Å². The SMILES string of the molecule is C/C=C/COc1c2ccc(C)cc2c(OC/C=C/C)c2cc(C)ccc12. The summed E-state index contributed by atoms with van der Waals surface area (Å²) in [4.78, 5) is 0. The molecule has 0 atom stereocenters. The van der Waals surface area contributed by atoms with Crippen LogP contribution in [0.1, 0.15) is 25.0 Å². The van der Waals surface area contributed by atoms with Crippen molar-refractivity contribution < 1.29 is 9.47 Å². The summed E-state index contributed by atoms with van der Waals surface area (Å²) in [7, 11) is 0. The van der Waals surface area contributed by atoms with E-state index in [0.29, 0.717) is 13.2 Å². The molecule has 3 aromatic rings. The summed E-state index contributed by atoms with van der Waals surface area (Å²) in [6, 6.07) is 12.9. The van der Waals surface area contributed by atoms with Gasteiger partial charge in [-0.15, -0.1) is 0 Å². The van der Waals surface area contributed by atoms with Gasteiger partial charge in [-0.1, -0.05) is 59.7 Å². The van der Waals surface area contributed by atoms with Gasteiger partial charge in [0.2, 0.25) is 0 Å². The van der Waals surface area contributed by atoms with Crippen molar-refractivity contribution in [2.75, 3.05) is 13.2 Å². The molecule has 134 valence electrons. The molecule has 0 spiro atoms. The van der Waals surface area contributed by atoms with Crippen LogP contribution in [0.15, 0.2) is 60.7 Å². The van der Waals surface area contributed by atoms with Crippen molar-refractivity contribution in [2.24, 2.45) is 0 Å². The van der Waals surface area contributed by atoms with Crippen LogP contribution >= 0.6 is 0 Å². The maximum atomic E-state index is 6.21. The van der Waals surface area contributed by atoms with Gasteiger partial charge >= 0.3 is 0 Å². The number of benzene rings is 3. The van der Waals surface area contributed by atoms with E-state index in [-0.39, 0.29) is 0 Å². The fraction of sp³-hybridized carbons (Fsp3) is 0.250. The maximum Gasteiger partial charge on any atom is 0.135 e. The molecule has 2 nitrogen and oxygen atoms in total. The van der Waals surface area contributed by atoms with E-state index in [2.05, 4.69) is 50.2 Å². The number of rotatable bonds is 6. The first-order chi connectivity index (χ1) is 12.7. The lowest BCUT2D eigenvalue weighted by molar-refractivity contribution is 0.365. The summed E-state index contributed by atoms with van der Waals surface area (Å²) in [6.45, 7) is 9.34. The highest BCUT2D eigenvalue weighted by atomic mass is 16.5. The second-order valence-electron chi connectivity index (χ2n) is 6.52. The molecule has 0 amide bonds. The van der Waals surface area contributed by atoms with Crippen LogP contribution in [0, 0.1) is 13.8 Å². The lowest BCUT2D eigenvalue weighted by atomic mass is 9.98. The van der Waals surface area contributed by atoms with Crippen molar-refractivity contribution >= 4 is 21.5 Å². The van der Waals surface area contributed by atoms with Crippen molar-refractivity contribution in [3.05, 3.63) is 71.8 Å². The van der Waals surface area contributed by atoms with E-state index in [1.807, 2.05) is 38.2 Å². The Morgan fingerprint density at radius 2 is 1.08 bits per heavy atom. The quantitative estimate of drug-likeness (QED) is 0.374.